The minimum Gasteiger partial charge on any atom is -0.467 e. The Morgan fingerprint density at radius 1 is 1.47 bits per heavy atom. The van der Waals surface area contributed by atoms with Crippen LogP contribution in [0.15, 0.2) is 18.2 Å². The second-order valence-corrected chi connectivity index (χ2v) is 3.60. The van der Waals surface area contributed by atoms with E-state index in [-0.39, 0.29) is 0 Å². The summed E-state index contributed by atoms with van der Waals surface area (Å²) >= 11 is 0. The summed E-state index contributed by atoms with van der Waals surface area (Å²) in [5.74, 6) is -0.903. The van der Waals surface area contributed by atoms with Crippen LogP contribution in [0.4, 0.5) is 0 Å². The highest BCUT2D eigenvalue weighted by molar-refractivity contribution is 5.75. The van der Waals surface area contributed by atoms with Gasteiger partial charge in [0, 0.05) is 0 Å². The van der Waals surface area contributed by atoms with Gasteiger partial charge < -0.3 is 14.9 Å². The topological polar surface area (TPSA) is 90.6 Å². The summed E-state index contributed by atoms with van der Waals surface area (Å²) in [4.78, 5) is 11.1. The number of hydrogen-bond donors (Lipinski definition) is 2. The molecular weight excluding hydrogens is 222 g/mol. The Hall–Kier alpha value is -1.90. The molecule has 2 N–H and O–H groups in total. The van der Waals surface area contributed by atoms with Crippen LogP contribution in [0.25, 0.3) is 0 Å². The van der Waals surface area contributed by atoms with Crippen LogP contribution < -0.4 is 0 Å². The molecular formula is C12H13NO4. The number of nitriles is 1. The molecule has 0 aliphatic carbocycles. The van der Waals surface area contributed by atoms with Gasteiger partial charge in [-0.3, -0.25) is 0 Å². The van der Waals surface area contributed by atoms with Gasteiger partial charge in [-0.15, -0.1) is 0 Å². The van der Waals surface area contributed by atoms with Crippen molar-refractivity contribution in [2.24, 2.45) is 0 Å². The van der Waals surface area contributed by atoms with Crippen LogP contribution in [-0.2, 0) is 9.53 Å². The zero-order valence-corrected chi connectivity index (χ0v) is 9.54. The first-order valence-corrected chi connectivity index (χ1v) is 4.96. The van der Waals surface area contributed by atoms with Crippen LogP contribution in [0, 0.1) is 18.3 Å². The minimum absolute atomic E-state index is 0.361. The molecule has 2 atom stereocenters. The number of aryl methyl sites for hydroxylation is 1. The molecule has 0 heterocycles. The van der Waals surface area contributed by atoms with E-state index >= 15 is 0 Å². The Morgan fingerprint density at radius 3 is 2.59 bits per heavy atom. The van der Waals surface area contributed by atoms with Crippen molar-refractivity contribution in [3.05, 3.63) is 34.9 Å². The van der Waals surface area contributed by atoms with Crippen molar-refractivity contribution in [1.29, 1.82) is 5.26 Å². The summed E-state index contributed by atoms with van der Waals surface area (Å²) in [5.41, 5.74) is 1.51. The molecule has 0 saturated carbocycles. The summed E-state index contributed by atoms with van der Waals surface area (Å²) in [5, 5.41) is 28.0. The predicted octanol–water partition coefficient (Wildman–Crippen LogP) is 0.434. The molecule has 0 aliphatic rings. The van der Waals surface area contributed by atoms with Gasteiger partial charge in [0.1, 0.15) is 6.10 Å². The van der Waals surface area contributed by atoms with Crippen molar-refractivity contribution in [3.63, 3.8) is 0 Å². The van der Waals surface area contributed by atoms with Gasteiger partial charge in [0.2, 0.25) is 0 Å². The predicted molar refractivity (Wildman–Crippen MR) is 58.9 cm³/mol. The number of hydrogen-bond acceptors (Lipinski definition) is 5. The Kier molecular flexibility index (Phi) is 4.21. The van der Waals surface area contributed by atoms with E-state index in [1.807, 2.05) is 6.07 Å². The number of ether oxygens (including phenoxy) is 1. The number of carbonyl (C=O) groups excluding carboxylic acids is 1. The lowest BCUT2D eigenvalue weighted by Gasteiger charge is -2.16. The maximum absolute atomic E-state index is 11.1. The first-order valence-electron chi connectivity index (χ1n) is 4.96. The molecule has 90 valence electrons. The van der Waals surface area contributed by atoms with Gasteiger partial charge in [-0.25, -0.2) is 4.79 Å². The Bertz CT molecular complexity index is 464. The molecule has 1 aromatic carbocycles. The molecule has 0 amide bonds. The maximum atomic E-state index is 11.1. The fourth-order valence-corrected chi connectivity index (χ4v) is 1.43. The van der Waals surface area contributed by atoms with Crippen molar-refractivity contribution in [1.82, 2.24) is 0 Å². The van der Waals surface area contributed by atoms with Gasteiger partial charge in [0.05, 0.1) is 18.7 Å². The highest BCUT2D eigenvalue weighted by Crippen LogP contribution is 2.20. The number of benzene rings is 1. The third-order valence-corrected chi connectivity index (χ3v) is 2.45. The third kappa shape index (κ3) is 2.81. The molecule has 0 radical (unpaired) electrons. The van der Waals surface area contributed by atoms with Gasteiger partial charge >= 0.3 is 5.97 Å². The van der Waals surface area contributed by atoms with E-state index < -0.39 is 18.2 Å². The molecule has 1 aromatic rings. The Morgan fingerprint density at radius 2 is 2.12 bits per heavy atom. The quantitative estimate of drug-likeness (QED) is 0.741. The SMILES string of the molecule is COC(=O)C(O)C(O)c1ccc(C#N)c(C)c1. The molecule has 5 heteroatoms. The largest absolute Gasteiger partial charge is 0.467 e. The lowest BCUT2D eigenvalue weighted by atomic mass is 9.99. The zero-order chi connectivity index (χ0) is 13.0. The van der Waals surface area contributed by atoms with Gasteiger partial charge in [-0.2, -0.15) is 5.26 Å². The summed E-state index contributed by atoms with van der Waals surface area (Å²) in [6.45, 7) is 1.71. The minimum atomic E-state index is -1.63. The first kappa shape index (κ1) is 13.2. The average Bonchev–Trinajstić information content (AvgIpc) is 2.35. The molecule has 17 heavy (non-hydrogen) atoms. The van der Waals surface area contributed by atoms with Crippen LogP contribution in [-0.4, -0.2) is 29.4 Å². The van der Waals surface area contributed by atoms with E-state index in [4.69, 9.17) is 5.26 Å². The summed E-state index contributed by atoms with van der Waals surface area (Å²) < 4.78 is 4.33. The molecule has 0 fully saturated rings. The van der Waals surface area contributed by atoms with Crippen LogP contribution in [0.1, 0.15) is 22.8 Å². The molecule has 2 unspecified atom stereocenters. The molecule has 0 aliphatic heterocycles. The summed E-state index contributed by atoms with van der Waals surface area (Å²) in [6, 6.07) is 6.55. The normalized spacial score (nSPS) is 13.6. The molecule has 0 aromatic heterocycles. The summed E-state index contributed by atoms with van der Waals surface area (Å²) in [6.07, 6.45) is -3.00. The van der Waals surface area contributed by atoms with Crippen LogP contribution in [0.5, 0.6) is 0 Å². The zero-order valence-electron chi connectivity index (χ0n) is 9.54. The second kappa shape index (κ2) is 5.43. The number of carbonyl (C=O) groups is 1. The average molecular weight is 235 g/mol. The third-order valence-electron chi connectivity index (χ3n) is 2.45. The maximum Gasteiger partial charge on any atom is 0.337 e. The van der Waals surface area contributed by atoms with E-state index in [0.29, 0.717) is 16.7 Å². The van der Waals surface area contributed by atoms with Crippen LogP contribution in [0.3, 0.4) is 0 Å². The molecule has 0 saturated heterocycles. The lowest BCUT2D eigenvalue weighted by molar-refractivity contribution is -0.156. The molecule has 0 spiro atoms. The van der Waals surface area contributed by atoms with E-state index in [9.17, 15) is 15.0 Å². The van der Waals surface area contributed by atoms with Crippen molar-refractivity contribution >= 4 is 5.97 Å². The number of rotatable bonds is 3. The van der Waals surface area contributed by atoms with Crippen molar-refractivity contribution < 1.29 is 19.7 Å². The van der Waals surface area contributed by atoms with Crippen molar-refractivity contribution in [2.45, 2.75) is 19.1 Å². The van der Waals surface area contributed by atoms with Gasteiger partial charge in [-0.1, -0.05) is 12.1 Å². The van der Waals surface area contributed by atoms with Gasteiger partial charge in [-0.05, 0) is 24.1 Å². The van der Waals surface area contributed by atoms with E-state index in [1.165, 1.54) is 12.1 Å². The molecule has 5 nitrogen and oxygen atoms in total. The van der Waals surface area contributed by atoms with Crippen molar-refractivity contribution in [2.75, 3.05) is 7.11 Å². The van der Waals surface area contributed by atoms with E-state index in [1.54, 1.807) is 13.0 Å². The number of esters is 1. The highest BCUT2D eigenvalue weighted by Gasteiger charge is 2.26. The highest BCUT2D eigenvalue weighted by atomic mass is 16.5. The second-order valence-electron chi connectivity index (χ2n) is 3.60. The molecule has 0 bridgehead atoms. The van der Waals surface area contributed by atoms with Crippen LogP contribution >= 0.6 is 0 Å². The number of aliphatic hydroxyl groups is 2. The number of methoxy groups -OCH3 is 1. The summed E-state index contributed by atoms with van der Waals surface area (Å²) in [7, 11) is 1.13. The first-order chi connectivity index (χ1) is 8.01. The number of nitrogens with zero attached hydrogens (tertiary/aromatic N) is 1. The molecule has 1 rings (SSSR count). The van der Waals surface area contributed by atoms with Gasteiger partial charge in [0.15, 0.2) is 6.10 Å². The van der Waals surface area contributed by atoms with E-state index in [0.717, 1.165) is 7.11 Å². The smallest absolute Gasteiger partial charge is 0.337 e. The Balaban J connectivity index is 2.98. The standard InChI is InChI=1S/C12H13NO4/c1-7-5-8(3-4-9(7)6-13)10(14)11(15)12(16)17-2/h3-5,10-11,14-15H,1-2H3. The van der Waals surface area contributed by atoms with E-state index in [2.05, 4.69) is 4.74 Å². The fraction of sp³-hybridized carbons (Fsp3) is 0.333. The lowest BCUT2D eigenvalue weighted by Crippen LogP contribution is -2.29. The number of aliphatic hydroxyl groups excluding tert-OH is 2. The monoisotopic (exact) mass is 235 g/mol. The van der Waals surface area contributed by atoms with Crippen molar-refractivity contribution in [3.8, 4) is 6.07 Å². The Labute approximate surface area is 98.9 Å². The van der Waals surface area contributed by atoms with Gasteiger partial charge in [0.25, 0.3) is 0 Å². The van der Waals surface area contributed by atoms with Crippen LogP contribution in [0.2, 0.25) is 0 Å². The fourth-order valence-electron chi connectivity index (χ4n) is 1.43.